The van der Waals surface area contributed by atoms with Crippen molar-refractivity contribution < 1.29 is 13.0 Å². The Hall–Kier alpha value is -0.320. The number of halogens is 2. The minimum absolute atomic E-state index is 0.0775. The van der Waals surface area contributed by atoms with Crippen LogP contribution in [0.5, 0.6) is 0 Å². The highest BCUT2D eigenvalue weighted by molar-refractivity contribution is 7.85. The summed E-state index contributed by atoms with van der Waals surface area (Å²) in [5.41, 5.74) is 0. The molecule has 0 bridgehead atoms. The lowest BCUT2D eigenvalue weighted by atomic mass is 10.1. The highest BCUT2D eigenvalue weighted by Gasteiger charge is 2.38. The van der Waals surface area contributed by atoms with Crippen molar-refractivity contribution in [1.29, 1.82) is 0 Å². The Morgan fingerprint density at radius 3 is 2.47 bits per heavy atom. The van der Waals surface area contributed by atoms with Crippen LogP contribution < -0.4 is 0 Å². The van der Waals surface area contributed by atoms with Gasteiger partial charge in [0.15, 0.2) is 0 Å². The SMILES string of the molecule is CC(C)(C)S(=O)/N=C/C1CCC(F)(F)C1. The van der Waals surface area contributed by atoms with Gasteiger partial charge in [-0.05, 0) is 27.2 Å². The molecule has 1 rings (SSSR count). The fraction of sp³-hybridized carbons (Fsp3) is 0.900. The van der Waals surface area contributed by atoms with Crippen molar-refractivity contribution in [2.24, 2.45) is 10.3 Å². The molecule has 88 valence electrons. The van der Waals surface area contributed by atoms with Gasteiger partial charge in [0, 0.05) is 25.0 Å². The molecule has 2 nitrogen and oxygen atoms in total. The average molecular weight is 237 g/mol. The highest BCUT2D eigenvalue weighted by Crippen LogP contribution is 2.37. The third-order valence-electron chi connectivity index (χ3n) is 2.33. The molecule has 0 N–H and O–H groups in total. The number of alkyl halides is 2. The van der Waals surface area contributed by atoms with E-state index in [4.69, 9.17) is 0 Å². The number of rotatable bonds is 2. The van der Waals surface area contributed by atoms with Crippen molar-refractivity contribution in [2.45, 2.75) is 50.7 Å². The zero-order valence-electron chi connectivity index (χ0n) is 9.30. The molecule has 15 heavy (non-hydrogen) atoms. The summed E-state index contributed by atoms with van der Waals surface area (Å²) in [5.74, 6) is -2.77. The molecule has 0 radical (unpaired) electrons. The van der Waals surface area contributed by atoms with Crippen molar-refractivity contribution >= 4 is 17.2 Å². The van der Waals surface area contributed by atoms with Crippen LogP contribution in [0.2, 0.25) is 0 Å². The van der Waals surface area contributed by atoms with E-state index in [9.17, 15) is 13.0 Å². The summed E-state index contributed by atoms with van der Waals surface area (Å²) < 4.78 is 40.6. The second-order valence-corrected chi connectivity index (χ2v) is 6.91. The van der Waals surface area contributed by atoms with Crippen LogP contribution in [-0.4, -0.2) is 21.1 Å². The molecular formula is C10H17F2NOS. The average Bonchev–Trinajstić information content (AvgIpc) is 2.39. The van der Waals surface area contributed by atoms with Crippen molar-refractivity contribution in [1.82, 2.24) is 0 Å². The van der Waals surface area contributed by atoms with Crippen LogP contribution in [0, 0.1) is 5.92 Å². The van der Waals surface area contributed by atoms with Gasteiger partial charge in [-0.1, -0.05) is 0 Å². The summed E-state index contributed by atoms with van der Waals surface area (Å²) >= 11 is 0. The lowest BCUT2D eigenvalue weighted by molar-refractivity contribution is 0.00750. The van der Waals surface area contributed by atoms with E-state index in [1.807, 2.05) is 20.8 Å². The number of nitrogens with zero attached hydrogens (tertiary/aromatic N) is 1. The summed E-state index contributed by atoms with van der Waals surface area (Å²) in [7, 11) is -1.33. The molecular weight excluding hydrogens is 220 g/mol. The van der Waals surface area contributed by atoms with E-state index < -0.39 is 21.7 Å². The van der Waals surface area contributed by atoms with Gasteiger partial charge in [-0.3, -0.25) is 0 Å². The van der Waals surface area contributed by atoms with Crippen LogP contribution >= 0.6 is 0 Å². The Labute approximate surface area is 91.8 Å². The van der Waals surface area contributed by atoms with Gasteiger partial charge < -0.3 is 0 Å². The summed E-state index contributed by atoms with van der Waals surface area (Å²) in [6, 6.07) is 0. The molecule has 0 saturated heterocycles. The molecule has 0 heterocycles. The molecule has 1 aliphatic carbocycles. The van der Waals surface area contributed by atoms with Crippen LogP contribution in [0.4, 0.5) is 8.78 Å². The van der Waals surface area contributed by atoms with E-state index in [0.717, 1.165) is 0 Å². The maximum atomic E-state index is 12.8. The van der Waals surface area contributed by atoms with Gasteiger partial charge in [0.2, 0.25) is 5.92 Å². The van der Waals surface area contributed by atoms with E-state index in [1.165, 1.54) is 6.21 Å². The molecule has 2 atom stereocenters. The van der Waals surface area contributed by atoms with Crippen molar-refractivity contribution in [3.8, 4) is 0 Å². The summed E-state index contributed by atoms with van der Waals surface area (Å²) in [6.45, 7) is 5.43. The standard InChI is InChI=1S/C10H17F2NOS/c1-9(2,3)15(14)13-7-8-4-5-10(11,12)6-8/h7-8H,4-6H2,1-3H3/b13-7+. The molecule has 0 spiro atoms. The third kappa shape index (κ3) is 3.97. The third-order valence-corrected chi connectivity index (χ3v) is 3.69. The first kappa shape index (κ1) is 12.7. The number of hydrogen-bond acceptors (Lipinski definition) is 1. The first-order valence-electron chi connectivity index (χ1n) is 5.05. The molecule has 5 heteroatoms. The largest absolute Gasteiger partial charge is 0.248 e. The van der Waals surface area contributed by atoms with Crippen LogP contribution in [-0.2, 0) is 11.0 Å². The second kappa shape index (κ2) is 4.28. The smallest absolute Gasteiger partial charge is 0.234 e. The fourth-order valence-electron chi connectivity index (χ4n) is 1.41. The van der Waals surface area contributed by atoms with Gasteiger partial charge in [0.05, 0.1) is 4.75 Å². The van der Waals surface area contributed by atoms with Gasteiger partial charge in [0.25, 0.3) is 0 Å². The van der Waals surface area contributed by atoms with Gasteiger partial charge >= 0.3 is 0 Å². The summed E-state index contributed by atoms with van der Waals surface area (Å²) in [5, 5.41) is 0. The molecule has 0 aromatic carbocycles. The van der Waals surface area contributed by atoms with E-state index >= 15 is 0 Å². The summed E-state index contributed by atoms with van der Waals surface area (Å²) in [4.78, 5) is 0. The van der Waals surface area contributed by atoms with E-state index in [-0.39, 0.29) is 18.8 Å². The van der Waals surface area contributed by atoms with E-state index in [1.54, 1.807) is 0 Å². The van der Waals surface area contributed by atoms with E-state index in [2.05, 4.69) is 4.40 Å². The first-order chi connectivity index (χ1) is 6.71. The zero-order valence-corrected chi connectivity index (χ0v) is 10.1. The minimum Gasteiger partial charge on any atom is -0.234 e. The lowest BCUT2D eigenvalue weighted by Gasteiger charge is -2.13. The minimum atomic E-state index is -2.56. The summed E-state index contributed by atoms with van der Waals surface area (Å²) in [6.07, 6.45) is 1.66. The quantitative estimate of drug-likeness (QED) is 0.679. The van der Waals surface area contributed by atoms with Crippen LogP contribution in [0.25, 0.3) is 0 Å². The van der Waals surface area contributed by atoms with Crippen LogP contribution in [0.15, 0.2) is 4.40 Å². The van der Waals surface area contributed by atoms with E-state index in [0.29, 0.717) is 6.42 Å². The zero-order chi connectivity index (χ0) is 11.7. The van der Waals surface area contributed by atoms with Crippen LogP contribution in [0.1, 0.15) is 40.0 Å². The monoisotopic (exact) mass is 237 g/mol. The van der Waals surface area contributed by atoms with Gasteiger partial charge in [-0.2, -0.15) is 4.40 Å². The first-order valence-corrected chi connectivity index (χ1v) is 6.15. The molecule has 1 aliphatic rings. The lowest BCUT2D eigenvalue weighted by Crippen LogP contribution is -2.20. The molecule has 0 aromatic heterocycles. The van der Waals surface area contributed by atoms with Crippen molar-refractivity contribution in [3.05, 3.63) is 0 Å². The molecule has 1 saturated carbocycles. The van der Waals surface area contributed by atoms with Crippen molar-refractivity contribution in [3.63, 3.8) is 0 Å². The normalized spacial score (nSPS) is 28.5. The Bertz CT molecular complexity index is 284. The van der Waals surface area contributed by atoms with Gasteiger partial charge in [-0.15, -0.1) is 0 Å². The predicted octanol–water partition coefficient (Wildman–Crippen LogP) is 2.95. The molecule has 0 amide bonds. The highest BCUT2D eigenvalue weighted by atomic mass is 32.2. The topological polar surface area (TPSA) is 29.4 Å². The molecule has 2 unspecified atom stereocenters. The van der Waals surface area contributed by atoms with Crippen LogP contribution in [0.3, 0.4) is 0 Å². The maximum absolute atomic E-state index is 12.8. The van der Waals surface area contributed by atoms with Gasteiger partial charge in [0.1, 0.15) is 11.0 Å². The predicted molar refractivity (Wildman–Crippen MR) is 58.7 cm³/mol. The Kier molecular flexibility index (Phi) is 3.63. The maximum Gasteiger partial charge on any atom is 0.248 e. The Balaban J connectivity index is 2.50. The number of hydrogen-bond donors (Lipinski definition) is 0. The van der Waals surface area contributed by atoms with Gasteiger partial charge in [-0.25, -0.2) is 13.0 Å². The molecule has 1 fully saturated rings. The Morgan fingerprint density at radius 2 is 2.07 bits per heavy atom. The van der Waals surface area contributed by atoms with Crippen molar-refractivity contribution in [2.75, 3.05) is 0 Å². The Morgan fingerprint density at radius 1 is 1.47 bits per heavy atom. The fourth-order valence-corrected chi connectivity index (χ4v) is 2.01. The second-order valence-electron chi connectivity index (χ2n) is 4.97. The molecule has 0 aliphatic heterocycles. The molecule has 0 aromatic rings.